The van der Waals surface area contributed by atoms with Gasteiger partial charge in [-0.25, -0.2) is 4.79 Å². The highest BCUT2D eigenvalue weighted by molar-refractivity contribution is 5.76. The average molecular weight is 288 g/mol. The van der Waals surface area contributed by atoms with Crippen molar-refractivity contribution in [3.8, 4) is 0 Å². The van der Waals surface area contributed by atoms with E-state index in [1.807, 2.05) is 18.2 Å². The number of hydrogen-bond donors (Lipinski definition) is 2. The summed E-state index contributed by atoms with van der Waals surface area (Å²) in [6.07, 6.45) is 3.83. The monoisotopic (exact) mass is 288 g/mol. The summed E-state index contributed by atoms with van der Waals surface area (Å²) in [7, 11) is 0. The van der Waals surface area contributed by atoms with Crippen molar-refractivity contribution in [1.29, 1.82) is 0 Å². The third-order valence-electron chi connectivity index (χ3n) is 4.79. The second-order valence-corrected chi connectivity index (χ2v) is 6.80. The first kappa shape index (κ1) is 14.2. The molecule has 0 radical (unpaired) electrons. The summed E-state index contributed by atoms with van der Waals surface area (Å²) >= 11 is 0. The first-order chi connectivity index (χ1) is 10.0. The van der Waals surface area contributed by atoms with Crippen molar-refractivity contribution in [3.05, 3.63) is 28.7 Å². The van der Waals surface area contributed by atoms with Gasteiger partial charge in [0, 0.05) is 11.7 Å². The Kier molecular flexibility index (Phi) is 3.79. The van der Waals surface area contributed by atoms with Crippen LogP contribution in [0.4, 0.5) is 5.69 Å². The van der Waals surface area contributed by atoms with E-state index >= 15 is 0 Å². The standard InChI is InChI=1S/C17H24N2O2/c1-10(2)13-6-4-11(3)8-14(13)18-12-5-7-16-15(9-12)19-17(20)21-16/h5,7,9-11,13-14,18H,4,6,8H2,1-3H3,(H,19,20). The third kappa shape index (κ3) is 2.99. The lowest BCUT2D eigenvalue weighted by Gasteiger charge is -2.38. The highest BCUT2D eigenvalue weighted by Crippen LogP contribution is 2.35. The molecular formula is C17H24N2O2. The Morgan fingerprint density at radius 3 is 2.90 bits per heavy atom. The number of H-pyrrole nitrogens is 1. The normalized spacial score (nSPS) is 26.4. The maximum Gasteiger partial charge on any atom is 0.417 e. The van der Waals surface area contributed by atoms with Crippen LogP contribution in [0.2, 0.25) is 0 Å². The molecule has 1 aliphatic rings. The molecule has 1 fully saturated rings. The van der Waals surface area contributed by atoms with Crippen molar-refractivity contribution >= 4 is 16.8 Å². The van der Waals surface area contributed by atoms with Gasteiger partial charge in [-0.1, -0.05) is 27.2 Å². The predicted octanol–water partition coefficient (Wildman–Crippen LogP) is 3.99. The second-order valence-electron chi connectivity index (χ2n) is 6.80. The molecule has 0 spiro atoms. The van der Waals surface area contributed by atoms with Gasteiger partial charge >= 0.3 is 5.76 Å². The van der Waals surface area contributed by atoms with Gasteiger partial charge < -0.3 is 9.73 Å². The summed E-state index contributed by atoms with van der Waals surface area (Å²) in [5, 5.41) is 3.68. The Balaban J connectivity index is 1.82. The molecule has 2 N–H and O–H groups in total. The van der Waals surface area contributed by atoms with Crippen molar-refractivity contribution in [2.24, 2.45) is 17.8 Å². The molecule has 0 saturated heterocycles. The number of hydrogen-bond acceptors (Lipinski definition) is 3. The van der Waals surface area contributed by atoms with E-state index in [9.17, 15) is 4.79 Å². The van der Waals surface area contributed by atoms with E-state index in [0.717, 1.165) is 17.1 Å². The SMILES string of the molecule is CC1CCC(C(C)C)C(Nc2ccc3oc(=O)[nH]c3c2)C1. The Hall–Kier alpha value is -1.71. The number of nitrogens with one attached hydrogen (secondary N) is 2. The minimum Gasteiger partial charge on any atom is -0.408 e. The Labute approximate surface area is 124 Å². The van der Waals surface area contributed by atoms with E-state index < -0.39 is 5.76 Å². The predicted molar refractivity (Wildman–Crippen MR) is 85.6 cm³/mol. The molecule has 1 aromatic heterocycles. The Bertz CT molecular complexity index is 671. The maximum atomic E-state index is 11.2. The first-order valence-corrected chi connectivity index (χ1v) is 7.92. The van der Waals surface area contributed by atoms with Gasteiger partial charge in [-0.3, -0.25) is 4.98 Å². The Morgan fingerprint density at radius 1 is 1.33 bits per heavy atom. The number of fused-ring (bicyclic) bond motifs is 1. The molecule has 3 atom stereocenters. The van der Waals surface area contributed by atoms with Gasteiger partial charge in [-0.05, 0) is 48.8 Å². The molecule has 1 heterocycles. The summed E-state index contributed by atoms with van der Waals surface area (Å²) in [5.74, 6) is 1.77. The number of anilines is 1. The van der Waals surface area contributed by atoms with Crippen LogP contribution in [0.25, 0.3) is 11.1 Å². The van der Waals surface area contributed by atoms with Gasteiger partial charge in [0.1, 0.15) is 0 Å². The molecule has 2 aromatic rings. The number of benzene rings is 1. The fourth-order valence-corrected chi connectivity index (χ4v) is 3.62. The zero-order valence-electron chi connectivity index (χ0n) is 13.0. The third-order valence-corrected chi connectivity index (χ3v) is 4.79. The van der Waals surface area contributed by atoms with E-state index in [2.05, 4.69) is 31.1 Å². The summed E-state index contributed by atoms with van der Waals surface area (Å²) in [4.78, 5) is 13.9. The number of oxazole rings is 1. The van der Waals surface area contributed by atoms with Crippen LogP contribution in [0.3, 0.4) is 0 Å². The van der Waals surface area contributed by atoms with Crippen molar-refractivity contribution in [2.75, 3.05) is 5.32 Å². The summed E-state index contributed by atoms with van der Waals surface area (Å²) < 4.78 is 5.05. The molecular weight excluding hydrogens is 264 g/mol. The van der Waals surface area contributed by atoms with Crippen molar-refractivity contribution in [1.82, 2.24) is 4.98 Å². The molecule has 1 aromatic carbocycles. The molecule has 3 rings (SSSR count). The van der Waals surface area contributed by atoms with Gasteiger partial charge in [0.25, 0.3) is 0 Å². The van der Waals surface area contributed by atoms with Crippen molar-refractivity contribution in [3.63, 3.8) is 0 Å². The van der Waals surface area contributed by atoms with Crippen LogP contribution in [0.1, 0.15) is 40.0 Å². The van der Waals surface area contributed by atoms with Gasteiger partial charge in [0.15, 0.2) is 5.58 Å². The van der Waals surface area contributed by atoms with Crippen molar-refractivity contribution < 1.29 is 4.42 Å². The van der Waals surface area contributed by atoms with Crippen LogP contribution in [-0.2, 0) is 0 Å². The number of aromatic nitrogens is 1. The fraction of sp³-hybridized carbons (Fsp3) is 0.588. The topological polar surface area (TPSA) is 58.0 Å². The lowest BCUT2D eigenvalue weighted by molar-refractivity contribution is 0.212. The lowest BCUT2D eigenvalue weighted by Crippen LogP contribution is -2.37. The van der Waals surface area contributed by atoms with Gasteiger partial charge in [0.2, 0.25) is 0 Å². The van der Waals surface area contributed by atoms with Crippen LogP contribution >= 0.6 is 0 Å². The summed E-state index contributed by atoms with van der Waals surface area (Å²) in [5.41, 5.74) is 2.43. The fourth-order valence-electron chi connectivity index (χ4n) is 3.62. The Morgan fingerprint density at radius 2 is 2.14 bits per heavy atom. The van der Waals surface area contributed by atoms with Crippen LogP contribution < -0.4 is 11.1 Å². The van der Waals surface area contributed by atoms with Crippen molar-refractivity contribution in [2.45, 2.75) is 46.1 Å². The largest absolute Gasteiger partial charge is 0.417 e. The zero-order chi connectivity index (χ0) is 15.0. The number of rotatable bonds is 3. The minimum absolute atomic E-state index is 0.395. The minimum atomic E-state index is -0.395. The quantitative estimate of drug-likeness (QED) is 0.897. The van der Waals surface area contributed by atoms with Crippen LogP contribution in [-0.4, -0.2) is 11.0 Å². The highest BCUT2D eigenvalue weighted by atomic mass is 16.4. The maximum absolute atomic E-state index is 11.2. The van der Waals surface area contributed by atoms with Crippen LogP contribution in [0.15, 0.2) is 27.4 Å². The molecule has 4 nitrogen and oxygen atoms in total. The molecule has 1 aliphatic carbocycles. The zero-order valence-corrected chi connectivity index (χ0v) is 13.0. The molecule has 0 bridgehead atoms. The van der Waals surface area contributed by atoms with Gasteiger partial charge in [-0.2, -0.15) is 0 Å². The van der Waals surface area contributed by atoms with E-state index in [4.69, 9.17) is 4.42 Å². The van der Waals surface area contributed by atoms with Crippen LogP contribution in [0, 0.1) is 17.8 Å². The molecule has 4 heteroatoms. The van der Waals surface area contributed by atoms with E-state index in [0.29, 0.717) is 23.5 Å². The van der Waals surface area contributed by atoms with E-state index in [-0.39, 0.29) is 0 Å². The first-order valence-electron chi connectivity index (χ1n) is 7.92. The van der Waals surface area contributed by atoms with Gasteiger partial charge in [-0.15, -0.1) is 0 Å². The lowest BCUT2D eigenvalue weighted by atomic mass is 9.74. The smallest absolute Gasteiger partial charge is 0.408 e. The molecule has 1 saturated carbocycles. The van der Waals surface area contributed by atoms with E-state index in [1.54, 1.807) is 0 Å². The summed E-state index contributed by atoms with van der Waals surface area (Å²) in [6.45, 7) is 6.96. The molecule has 114 valence electrons. The van der Waals surface area contributed by atoms with Gasteiger partial charge in [0.05, 0.1) is 5.52 Å². The summed E-state index contributed by atoms with van der Waals surface area (Å²) in [6, 6.07) is 6.32. The highest BCUT2D eigenvalue weighted by Gasteiger charge is 2.30. The molecule has 0 aliphatic heterocycles. The molecule has 21 heavy (non-hydrogen) atoms. The van der Waals surface area contributed by atoms with E-state index in [1.165, 1.54) is 19.3 Å². The molecule has 0 amide bonds. The second kappa shape index (κ2) is 5.58. The number of aromatic amines is 1. The van der Waals surface area contributed by atoms with Crippen LogP contribution in [0.5, 0.6) is 0 Å². The molecule has 3 unspecified atom stereocenters. The average Bonchev–Trinajstić information content (AvgIpc) is 2.77.